The SMILES string of the molecule is CC1=C(c2ccccc2)C(Cl)(OC(F)(F)F)CC(NC(=O)NCc2ccc(CC(=O)O)cc2)=C1. The molecule has 2 aromatic carbocycles. The van der Waals surface area contributed by atoms with Crippen molar-refractivity contribution in [3.05, 3.63) is 88.6 Å². The number of allylic oxidation sites excluding steroid dienone is 2. The molecule has 6 nitrogen and oxygen atoms in total. The molecule has 10 heteroatoms. The van der Waals surface area contributed by atoms with Crippen LogP contribution in [-0.2, 0) is 22.5 Å². The third kappa shape index (κ3) is 6.85. The Kier molecular flexibility index (Phi) is 7.68. The summed E-state index contributed by atoms with van der Waals surface area (Å²) in [7, 11) is 0. The predicted octanol–water partition coefficient (Wildman–Crippen LogP) is 5.35. The van der Waals surface area contributed by atoms with Crippen molar-refractivity contribution >= 4 is 29.2 Å². The number of benzene rings is 2. The Bertz CT molecular complexity index is 1120. The number of amides is 2. The van der Waals surface area contributed by atoms with Gasteiger partial charge in [-0.25, -0.2) is 4.79 Å². The fourth-order valence-electron chi connectivity index (χ4n) is 3.73. The highest BCUT2D eigenvalue weighted by molar-refractivity contribution is 6.30. The number of hydrogen-bond acceptors (Lipinski definition) is 3. The molecule has 0 bridgehead atoms. The summed E-state index contributed by atoms with van der Waals surface area (Å²) in [5.41, 5.74) is 2.56. The summed E-state index contributed by atoms with van der Waals surface area (Å²) in [4.78, 5) is 23.1. The largest absolute Gasteiger partial charge is 0.524 e. The molecule has 1 aliphatic rings. The van der Waals surface area contributed by atoms with Gasteiger partial charge in [0.25, 0.3) is 0 Å². The number of carboxylic acids is 1. The fraction of sp³-hybridized carbons (Fsp3) is 0.250. The van der Waals surface area contributed by atoms with Crippen LogP contribution >= 0.6 is 11.6 Å². The summed E-state index contributed by atoms with van der Waals surface area (Å²) in [5.74, 6) is -0.948. The zero-order chi connectivity index (χ0) is 24.9. The van der Waals surface area contributed by atoms with E-state index in [1.54, 1.807) is 67.6 Å². The number of ether oxygens (including phenoxy) is 1. The van der Waals surface area contributed by atoms with Crippen molar-refractivity contribution in [1.82, 2.24) is 10.6 Å². The van der Waals surface area contributed by atoms with Crippen LogP contribution in [0.1, 0.15) is 30.0 Å². The molecule has 0 fully saturated rings. The van der Waals surface area contributed by atoms with Crippen LogP contribution in [0, 0.1) is 0 Å². The Hall–Kier alpha value is -3.30. The molecule has 0 radical (unpaired) electrons. The maximum absolute atomic E-state index is 13.2. The molecule has 2 amide bonds. The van der Waals surface area contributed by atoms with Crippen molar-refractivity contribution in [2.45, 2.75) is 37.7 Å². The van der Waals surface area contributed by atoms with Gasteiger partial charge in [-0.15, -0.1) is 13.2 Å². The molecule has 0 heterocycles. The third-order valence-corrected chi connectivity index (χ3v) is 5.42. The number of carbonyl (C=O) groups is 2. The molecule has 180 valence electrons. The lowest BCUT2D eigenvalue weighted by Gasteiger charge is -2.35. The van der Waals surface area contributed by atoms with Crippen LogP contribution in [0.3, 0.4) is 0 Å². The molecular formula is C24H22ClF3N2O4. The normalized spacial score (nSPS) is 18.3. The number of aliphatic carboxylic acids is 1. The Balaban J connectivity index is 1.73. The highest BCUT2D eigenvalue weighted by Gasteiger charge is 2.48. The zero-order valence-electron chi connectivity index (χ0n) is 18.1. The van der Waals surface area contributed by atoms with Crippen molar-refractivity contribution in [2.75, 3.05) is 0 Å². The van der Waals surface area contributed by atoms with E-state index in [2.05, 4.69) is 15.4 Å². The predicted molar refractivity (Wildman–Crippen MR) is 121 cm³/mol. The molecule has 1 unspecified atom stereocenters. The van der Waals surface area contributed by atoms with Crippen LogP contribution < -0.4 is 10.6 Å². The van der Waals surface area contributed by atoms with Gasteiger partial charge in [0.1, 0.15) is 0 Å². The van der Waals surface area contributed by atoms with E-state index in [0.717, 1.165) is 5.56 Å². The lowest BCUT2D eigenvalue weighted by Crippen LogP contribution is -2.41. The van der Waals surface area contributed by atoms with Gasteiger partial charge in [0, 0.05) is 24.2 Å². The number of urea groups is 1. The minimum absolute atomic E-state index is 0.111. The number of alkyl halides is 4. The van der Waals surface area contributed by atoms with E-state index in [4.69, 9.17) is 16.7 Å². The zero-order valence-corrected chi connectivity index (χ0v) is 18.8. The van der Waals surface area contributed by atoms with Gasteiger partial charge < -0.3 is 15.7 Å². The standard InChI is InChI=1S/C24H22ClF3N2O4/c1-15-11-19(30-22(33)29-14-17-9-7-16(8-10-17)12-20(31)32)13-23(25,34-24(26,27)28)21(15)18-5-3-2-4-6-18/h2-11H,12-14H2,1H3,(H,31,32)(H2,29,30,33). The van der Waals surface area contributed by atoms with Gasteiger partial charge >= 0.3 is 18.4 Å². The topological polar surface area (TPSA) is 87.7 Å². The van der Waals surface area contributed by atoms with Crippen molar-refractivity contribution < 1.29 is 32.6 Å². The lowest BCUT2D eigenvalue weighted by molar-refractivity contribution is -0.342. The number of halogens is 4. The molecule has 0 spiro atoms. The number of rotatable bonds is 7. The molecule has 3 rings (SSSR count). The Labute approximate surface area is 199 Å². The van der Waals surface area contributed by atoms with E-state index < -0.39 is 29.8 Å². The molecule has 0 aromatic heterocycles. The summed E-state index contributed by atoms with van der Waals surface area (Å²) < 4.78 is 44.0. The van der Waals surface area contributed by atoms with Crippen molar-refractivity contribution in [3.63, 3.8) is 0 Å². The third-order valence-electron chi connectivity index (χ3n) is 5.02. The number of nitrogens with one attached hydrogen (secondary N) is 2. The van der Waals surface area contributed by atoms with Gasteiger partial charge in [-0.3, -0.25) is 9.53 Å². The molecule has 1 aliphatic carbocycles. The highest BCUT2D eigenvalue weighted by Crippen LogP contribution is 2.47. The van der Waals surface area contributed by atoms with Crippen LogP contribution in [0.2, 0.25) is 0 Å². The Morgan fingerprint density at radius 1 is 1.09 bits per heavy atom. The highest BCUT2D eigenvalue weighted by atomic mass is 35.5. The van der Waals surface area contributed by atoms with Gasteiger partial charge in [0.15, 0.2) is 5.06 Å². The molecule has 3 N–H and O–H groups in total. The van der Waals surface area contributed by atoms with Crippen molar-refractivity contribution in [2.24, 2.45) is 0 Å². The first-order valence-electron chi connectivity index (χ1n) is 10.2. The minimum atomic E-state index is -5.00. The van der Waals surface area contributed by atoms with Crippen LogP contribution in [0.15, 0.2) is 71.9 Å². The van der Waals surface area contributed by atoms with Crippen molar-refractivity contribution in [1.29, 1.82) is 0 Å². The Morgan fingerprint density at radius 3 is 2.29 bits per heavy atom. The average molecular weight is 495 g/mol. The fourth-order valence-corrected chi connectivity index (χ4v) is 4.22. The average Bonchev–Trinajstić information content (AvgIpc) is 2.71. The van der Waals surface area contributed by atoms with Gasteiger partial charge in [0.2, 0.25) is 0 Å². The molecule has 0 saturated heterocycles. The van der Waals surface area contributed by atoms with Crippen LogP contribution in [-0.4, -0.2) is 28.5 Å². The summed E-state index contributed by atoms with van der Waals surface area (Å²) >= 11 is 6.40. The number of hydrogen-bond donors (Lipinski definition) is 3. The van der Waals surface area contributed by atoms with E-state index in [1.165, 1.54) is 0 Å². The second kappa shape index (κ2) is 10.3. The van der Waals surface area contributed by atoms with Crippen molar-refractivity contribution in [3.8, 4) is 0 Å². The van der Waals surface area contributed by atoms with E-state index in [0.29, 0.717) is 16.7 Å². The molecular weight excluding hydrogens is 473 g/mol. The first kappa shape index (κ1) is 25.3. The monoisotopic (exact) mass is 494 g/mol. The van der Waals surface area contributed by atoms with Crippen LogP contribution in [0.25, 0.3) is 5.57 Å². The molecule has 2 aromatic rings. The minimum Gasteiger partial charge on any atom is -0.481 e. The van der Waals surface area contributed by atoms with E-state index in [-0.39, 0.29) is 24.2 Å². The van der Waals surface area contributed by atoms with Gasteiger partial charge in [-0.05, 0) is 35.3 Å². The summed E-state index contributed by atoms with van der Waals surface area (Å²) in [5, 5.41) is 11.7. The molecule has 1 atom stereocenters. The van der Waals surface area contributed by atoms with E-state index >= 15 is 0 Å². The molecule has 0 saturated carbocycles. The van der Waals surface area contributed by atoms with Gasteiger partial charge in [-0.2, -0.15) is 0 Å². The maximum atomic E-state index is 13.2. The molecule has 34 heavy (non-hydrogen) atoms. The number of carboxylic acid groups (broad SMARTS) is 1. The van der Waals surface area contributed by atoms with Gasteiger partial charge in [-0.1, -0.05) is 66.2 Å². The lowest BCUT2D eigenvalue weighted by atomic mass is 9.87. The first-order chi connectivity index (χ1) is 15.9. The van der Waals surface area contributed by atoms with E-state index in [9.17, 15) is 22.8 Å². The van der Waals surface area contributed by atoms with Crippen LogP contribution in [0.5, 0.6) is 0 Å². The summed E-state index contributed by atoms with van der Waals surface area (Å²) in [6.07, 6.45) is -3.98. The quantitative estimate of drug-likeness (QED) is 0.453. The summed E-state index contributed by atoms with van der Waals surface area (Å²) in [6.45, 7) is 1.72. The second-order valence-electron chi connectivity index (χ2n) is 7.74. The van der Waals surface area contributed by atoms with E-state index in [1.807, 2.05) is 0 Å². The first-order valence-corrected chi connectivity index (χ1v) is 10.6. The van der Waals surface area contributed by atoms with Gasteiger partial charge in [0.05, 0.1) is 6.42 Å². The maximum Gasteiger partial charge on any atom is 0.524 e. The summed E-state index contributed by atoms with van der Waals surface area (Å²) in [6, 6.07) is 14.4. The molecule has 0 aliphatic heterocycles. The number of carbonyl (C=O) groups excluding carboxylic acids is 1. The smallest absolute Gasteiger partial charge is 0.481 e. The second-order valence-corrected chi connectivity index (χ2v) is 8.35. The Morgan fingerprint density at radius 2 is 1.71 bits per heavy atom. The van der Waals surface area contributed by atoms with Crippen LogP contribution in [0.4, 0.5) is 18.0 Å².